The third kappa shape index (κ3) is 4.79. The molecule has 34 heavy (non-hydrogen) atoms. The summed E-state index contributed by atoms with van der Waals surface area (Å²) >= 11 is 0. The molecule has 1 aliphatic heterocycles. The Morgan fingerprint density at radius 2 is 1.88 bits per heavy atom. The lowest BCUT2D eigenvalue weighted by Crippen LogP contribution is -2.45. The van der Waals surface area contributed by atoms with Crippen molar-refractivity contribution in [3.8, 4) is 12.3 Å². The first-order chi connectivity index (χ1) is 16.4. The highest BCUT2D eigenvalue weighted by atomic mass is 16.5. The minimum absolute atomic E-state index is 0.267. The van der Waals surface area contributed by atoms with E-state index in [4.69, 9.17) is 16.6 Å². The number of hydroxylamine groups is 1. The van der Waals surface area contributed by atoms with E-state index >= 15 is 0 Å². The molecule has 0 aliphatic carbocycles. The van der Waals surface area contributed by atoms with E-state index in [0.29, 0.717) is 25.2 Å². The highest BCUT2D eigenvalue weighted by Gasteiger charge is 2.38. The first-order valence-corrected chi connectivity index (χ1v) is 11.3. The van der Waals surface area contributed by atoms with Crippen LogP contribution in [0.2, 0.25) is 0 Å². The number of nitrogens with zero attached hydrogens (tertiary/aromatic N) is 2. The number of nitrogens with one attached hydrogen (secondary N) is 2. The molecule has 1 aromatic heterocycles. The van der Waals surface area contributed by atoms with Crippen molar-refractivity contribution in [2.75, 3.05) is 19.6 Å². The molecule has 0 radical (unpaired) electrons. The molecule has 0 saturated carbocycles. The van der Waals surface area contributed by atoms with Crippen molar-refractivity contribution in [1.29, 1.82) is 0 Å². The first-order valence-electron chi connectivity index (χ1n) is 11.3. The van der Waals surface area contributed by atoms with Crippen LogP contribution in [0.25, 0.3) is 10.9 Å². The average Bonchev–Trinajstić information content (AvgIpc) is 3.24. The molecule has 0 bridgehead atoms. The number of hydrogen-bond donors (Lipinski definition) is 3. The Balaban J connectivity index is 1.50. The van der Waals surface area contributed by atoms with Gasteiger partial charge in [-0.15, -0.1) is 6.42 Å². The van der Waals surface area contributed by atoms with Gasteiger partial charge in [-0.2, -0.15) is 0 Å². The van der Waals surface area contributed by atoms with Gasteiger partial charge < -0.3 is 5.32 Å². The molecule has 3 aromatic rings. The quantitative estimate of drug-likeness (QED) is 0.301. The highest BCUT2D eigenvalue weighted by Crippen LogP contribution is 2.25. The number of aromatic nitrogens is 1. The molecule has 2 amide bonds. The number of carbonyl (C=O) groups excluding carboxylic acids is 2. The van der Waals surface area contributed by atoms with Gasteiger partial charge in [0.15, 0.2) is 0 Å². The highest BCUT2D eigenvalue weighted by molar-refractivity contribution is 5.95. The van der Waals surface area contributed by atoms with Crippen LogP contribution < -0.4 is 10.8 Å². The second-order valence-electron chi connectivity index (χ2n) is 8.75. The summed E-state index contributed by atoms with van der Waals surface area (Å²) in [4.78, 5) is 31.5. The van der Waals surface area contributed by atoms with Crippen LogP contribution in [0.1, 0.15) is 32.7 Å². The van der Waals surface area contributed by atoms with Crippen LogP contribution in [0.5, 0.6) is 0 Å². The number of carbonyl (C=O) groups is 2. The Hall–Kier alpha value is -3.73. The van der Waals surface area contributed by atoms with Gasteiger partial charge >= 0.3 is 0 Å². The van der Waals surface area contributed by atoms with E-state index in [1.807, 2.05) is 42.2 Å². The SMILES string of the molecule is C#CCN1C[C@H](C(=O)NO)[C@H](NC(=O)c2ccc(Cc3c(C)c(C)nc4ccccc34)cc2)C1. The number of benzene rings is 2. The van der Waals surface area contributed by atoms with Crippen molar-refractivity contribution < 1.29 is 14.8 Å². The number of amides is 2. The Labute approximate surface area is 199 Å². The number of para-hydroxylation sites is 1. The molecule has 3 N–H and O–H groups in total. The molecule has 174 valence electrons. The molecular weight excluding hydrogens is 428 g/mol. The van der Waals surface area contributed by atoms with Gasteiger partial charge in [-0.25, -0.2) is 5.48 Å². The van der Waals surface area contributed by atoms with Crippen LogP contribution in [0.15, 0.2) is 48.5 Å². The van der Waals surface area contributed by atoms with Gasteiger partial charge in [0, 0.05) is 29.7 Å². The largest absolute Gasteiger partial charge is 0.347 e. The predicted octanol–water partition coefficient (Wildman–Crippen LogP) is 2.61. The Morgan fingerprint density at radius 3 is 2.59 bits per heavy atom. The van der Waals surface area contributed by atoms with E-state index in [0.717, 1.165) is 28.6 Å². The third-order valence-corrected chi connectivity index (χ3v) is 6.58. The summed E-state index contributed by atoms with van der Waals surface area (Å²) in [6.07, 6.45) is 6.12. The zero-order valence-electron chi connectivity index (χ0n) is 19.3. The first kappa shape index (κ1) is 23.4. The fourth-order valence-electron chi connectivity index (χ4n) is 4.61. The summed E-state index contributed by atoms with van der Waals surface area (Å²) in [5, 5.41) is 13.1. The molecular formula is C27H28N4O3. The second kappa shape index (κ2) is 10.0. The molecule has 1 fully saturated rings. The van der Waals surface area contributed by atoms with Crippen molar-refractivity contribution in [2.45, 2.75) is 26.3 Å². The number of likely N-dealkylation sites (tertiary alicyclic amines) is 1. The van der Waals surface area contributed by atoms with E-state index in [9.17, 15) is 9.59 Å². The van der Waals surface area contributed by atoms with Gasteiger partial charge in [0.1, 0.15) is 0 Å². The normalized spacial score (nSPS) is 17.9. The maximum absolute atomic E-state index is 12.9. The summed E-state index contributed by atoms with van der Waals surface area (Å²) in [7, 11) is 0. The molecule has 0 spiro atoms. The van der Waals surface area contributed by atoms with Crippen molar-refractivity contribution in [1.82, 2.24) is 20.7 Å². The van der Waals surface area contributed by atoms with Crippen molar-refractivity contribution in [3.63, 3.8) is 0 Å². The van der Waals surface area contributed by atoms with Gasteiger partial charge in [-0.1, -0.05) is 36.3 Å². The molecule has 2 aromatic carbocycles. The monoisotopic (exact) mass is 456 g/mol. The fourth-order valence-corrected chi connectivity index (χ4v) is 4.61. The Morgan fingerprint density at radius 1 is 1.15 bits per heavy atom. The predicted molar refractivity (Wildman–Crippen MR) is 130 cm³/mol. The molecule has 1 saturated heterocycles. The Kier molecular flexibility index (Phi) is 6.92. The lowest BCUT2D eigenvalue weighted by atomic mass is 9.95. The fraction of sp³-hybridized carbons (Fsp3) is 0.296. The number of fused-ring (bicyclic) bond motifs is 1. The van der Waals surface area contributed by atoms with E-state index in [-0.39, 0.29) is 5.91 Å². The summed E-state index contributed by atoms with van der Waals surface area (Å²) in [5.41, 5.74) is 7.69. The minimum atomic E-state index is -0.576. The maximum atomic E-state index is 12.9. The summed E-state index contributed by atoms with van der Waals surface area (Å²) in [6, 6.07) is 15.2. The minimum Gasteiger partial charge on any atom is -0.347 e. The van der Waals surface area contributed by atoms with Crippen LogP contribution in [-0.2, 0) is 11.2 Å². The van der Waals surface area contributed by atoms with Gasteiger partial charge in [0.2, 0.25) is 5.91 Å². The molecule has 7 nitrogen and oxygen atoms in total. The van der Waals surface area contributed by atoms with Gasteiger partial charge in [0.25, 0.3) is 5.91 Å². The lowest BCUT2D eigenvalue weighted by Gasteiger charge is -2.18. The van der Waals surface area contributed by atoms with Crippen LogP contribution >= 0.6 is 0 Å². The van der Waals surface area contributed by atoms with Crippen molar-refractivity contribution in [3.05, 3.63) is 76.5 Å². The smallest absolute Gasteiger partial charge is 0.251 e. The van der Waals surface area contributed by atoms with Gasteiger partial charge in [-0.05, 0) is 55.2 Å². The average molecular weight is 457 g/mol. The van der Waals surface area contributed by atoms with Gasteiger partial charge in [0.05, 0.1) is 24.0 Å². The zero-order chi connectivity index (χ0) is 24.2. The molecule has 1 aliphatic rings. The maximum Gasteiger partial charge on any atom is 0.251 e. The van der Waals surface area contributed by atoms with Crippen molar-refractivity contribution in [2.24, 2.45) is 5.92 Å². The van der Waals surface area contributed by atoms with Crippen LogP contribution in [0, 0.1) is 32.1 Å². The van der Waals surface area contributed by atoms with Crippen molar-refractivity contribution >= 4 is 22.7 Å². The van der Waals surface area contributed by atoms with E-state index < -0.39 is 17.9 Å². The van der Waals surface area contributed by atoms with Crippen LogP contribution in [0.3, 0.4) is 0 Å². The topological polar surface area (TPSA) is 94.6 Å². The van der Waals surface area contributed by atoms with Gasteiger partial charge in [-0.3, -0.25) is 24.7 Å². The molecule has 7 heteroatoms. The second-order valence-corrected chi connectivity index (χ2v) is 8.75. The number of hydrogen-bond acceptors (Lipinski definition) is 5. The third-order valence-electron chi connectivity index (χ3n) is 6.58. The van der Waals surface area contributed by atoms with E-state index in [2.05, 4.69) is 24.2 Å². The van der Waals surface area contributed by atoms with E-state index in [1.165, 1.54) is 11.1 Å². The molecule has 2 atom stereocenters. The van der Waals surface area contributed by atoms with Crippen LogP contribution in [0.4, 0.5) is 0 Å². The van der Waals surface area contributed by atoms with Crippen LogP contribution in [-0.4, -0.2) is 52.6 Å². The molecule has 4 rings (SSSR count). The Bertz CT molecular complexity index is 1260. The summed E-state index contributed by atoms with van der Waals surface area (Å²) < 4.78 is 0. The number of pyridine rings is 1. The van der Waals surface area contributed by atoms with E-state index in [1.54, 1.807) is 17.6 Å². The lowest BCUT2D eigenvalue weighted by molar-refractivity contribution is -0.133. The number of terminal acetylenes is 1. The number of aryl methyl sites for hydroxylation is 1. The summed E-state index contributed by atoms with van der Waals surface area (Å²) in [5.74, 6) is 1.18. The number of rotatable bonds is 6. The molecule has 2 heterocycles. The standard InChI is InChI=1S/C27H28N4O3/c1-4-13-31-15-23(27(33)30-34)25(16-31)29-26(32)20-11-9-19(10-12-20)14-22-17(2)18(3)28-24-8-6-5-7-21(22)24/h1,5-12,23,25,34H,13-16H2,2-3H3,(H,29,32)(H,30,33)/t23-,25+/m0/s1. The zero-order valence-corrected chi connectivity index (χ0v) is 19.3. The summed E-state index contributed by atoms with van der Waals surface area (Å²) in [6.45, 7) is 5.31. The molecule has 0 unspecified atom stereocenters.